The Kier molecular flexibility index (Phi) is 6.36. The van der Waals surface area contributed by atoms with Crippen molar-refractivity contribution < 1.29 is 13.2 Å². The molecule has 0 saturated carbocycles. The maximum atomic E-state index is 12.5. The average Bonchev–Trinajstić information content (AvgIpc) is 2.47. The summed E-state index contributed by atoms with van der Waals surface area (Å²) < 4.78 is 26.5. The first kappa shape index (κ1) is 19.6. The Morgan fingerprint density at radius 2 is 1.78 bits per heavy atom. The van der Waals surface area contributed by atoms with Gasteiger partial charge in [-0.2, -0.15) is 4.31 Å². The largest absolute Gasteiger partial charge is 0.349 e. The zero-order chi connectivity index (χ0) is 17.8. The summed E-state index contributed by atoms with van der Waals surface area (Å²) in [6.45, 7) is 12.4. The van der Waals surface area contributed by atoms with Gasteiger partial charge in [-0.3, -0.25) is 4.79 Å². The van der Waals surface area contributed by atoms with Gasteiger partial charge in [0.1, 0.15) is 0 Å². The molecule has 1 unspecified atom stereocenters. The molecule has 23 heavy (non-hydrogen) atoms. The van der Waals surface area contributed by atoms with E-state index in [1.807, 2.05) is 27.7 Å². The van der Waals surface area contributed by atoms with Gasteiger partial charge in [-0.05, 0) is 30.5 Å². The van der Waals surface area contributed by atoms with Crippen molar-refractivity contribution in [2.45, 2.75) is 52.5 Å². The number of carbonyl (C=O) groups is 1. The third-order valence-corrected chi connectivity index (χ3v) is 6.13. The Morgan fingerprint density at radius 1 is 1.22 bits per heavy atom. The van der Waals surface area contributed by atoms with E-state index in [9.17, 15) is 13.2 Å². The molecule has 1 N–H and O–H groups in total. The monoisotopic (exact) mass is 340 g/mol. The van der Waals surface area contributed by atoms with Gasteiger partial charge in [0.15, 0.2) is 0 Å². The molecule has 0 fully saturated rings. The molecule has 1 amide bonds. The van der Waals surface area contributed by atoms with Gasteiger partial charge in [0.25, 0.3) is 5.91 Å². The number of nitrogens with one attached hydrogen (secondary N) is 1. The van der Waals surface area contributed by atoms with Crippen molar-refractivity contribution >= 4 is 15.9 Å². The molecule has 130 valence electrons. The van der Waals surface area contributed by atoms with Crippen molar-refractivity contribution in [3.8, 4) is 0 Å². The normalized spacial score (nSPS) is 13.9. The van der Waals surface area contributed by atoms with Gasteiger partial charge in [-0.15, -0.1) is 0 Å². The quantitative estimate of drug-likeness (QED) is 0.866. The Bertz CT molecular complexity index is 644. The lowest BCUT2D eigenvalue weighted by molar-refractivity contribution is 0.0910. The highest BCUT2D eigenvalue weighted by atomic mass is 32.2. The molecule has 0 aliphatic rings. The van der Waals surface area contributed by atoms with Crippen molar-refractivity contribution in [3.63, 3.8) is 0 Å². The van der Waals surface area contributed by atoms with Crippen LogP contribution in [0.4, 0.5) is 0 Å². The predicted octanol–water partition coefficient (Wildman–Crippen LogP) is 2.88. The van der Waals surface area contributed by atoms with Crippen molar-refractivity contribution in [2.75, 3.05) is 13.1 Å². The van der Waals surface area contributed by atoms with E-state index >= 15 is 0 Å². The van der Waals surface area contributed by atoms with E-state index in [-0.39, 0.29) is 22.3 Å². The second kappa shape index (κ2) is 7.45. The van der Waals surface area contributed by atoms with Crippen LogP contribution in [0.1, 0.15) is 51.9 Å². The van der Waals surface area contributed by atoms with E-state index < -0.39 is 10.0 Å². The molecule has 6 heteroatoms. The van der Waals surface area contributed by atoms with E-state index in [0.717, 1.165) is 0 Å². The van der Waals surface area contributed by atoms with E-state index in [1.165, 1.54) is 16.4 Å². The maximum absolute atomic E-state index is 12.5. The summed E-state index contributed by atoms with van der Waals surface area (Å²) in [4.78, 5) is 12.5. The lowest BCUT2D eigenvalue weighted by atomic mass is 9.88. The molecule has 0 saturated heterocycles. The van der Waals surface area contributed by atoms with Crippen LogP contribution in [-0.2, 0) is 10.0 Å². The first-order valence-corrected chi connectivity index (χ1v) is 9.39. The number of rotatable bonds is 6. The Labute approximate surface area is 140 Å². The lowest BCUT2D eigenvalue weighted by Gasteiger charge is -2.28. The van der Waals surface area contributed by atoms with Crippen LogP contribution in [0, 0.1) is 5.41 Å². The van der Waals surface area contributed by atoms with Gasteiger partial charge >= 0.3 is 0 Å². The van der Waals surface area contributed by atoms with E-state index in [0.29, 0.717) is 18.7 Å². The van der Waals surface area contributed by atoms with Crippen LogP contribution in [0.5, 0.6) is 0 Å². The molecule has 0 aliphatic carbocycles. The SMILES string of the molecule is CCN(CC)S(=O)(=O)c1cccc(C(=O)NC(C)C(C)(C)C)c1. The Hall–Kier alpha value is -1.40. The van der Waals surface area contributed by atoms with Crippen LogP contribution in [-0.4, -0.2) is 37.8 Å². The van der Waals surface area contributed by atoms with Crippen LogP contribution in [0.3, 0.4) is 0 Å². The van der Waals surface area contributed by atoms with Crippen LogP contribution >= 0.6 is 0 Å². The first-order chi connectivity index (χ1) is 10.5. The fourth-order valence-corrected chi connectivity index (χ4v) is 3.51. The van der Waals surface area contributed by atoms with Crippen LogP contribution < -0.4 is 5.32 Å². The van der Waals surface area contributed by atoms with E-state index in [2.05, 4.69) is 5.32 Å². The molecule has 5 nitrogen and oxygen atoms in total. The van der Waals surface area contributed by atoms with Crippen LogP contribution in [0.2, 0.25) is 0 Å². The Balaban J connectivity index is 3.08. The number of nitrogens with zero attached hydrogens (tertiary/aromatic N) is 1. The summed E-state index contributed by atoms with van der Waals surface area (Å²) in [5.41, 5.74) is 0.287. The number of hydrogen-bond donors (Lipinski definition) is 1. The third kappa shape index (κ3) is 4.78. The zero-order valence-electron chi connectivity index (χ0n) is 14.9. The summed E-state index contributed by atoms with van der Waals surface area (Å²) in [7, 11) is -3.56. The van der Waals surface area contributed by atoms with Gasteiger partial charge in [-0.1, -0.05) is 40.7 Å². The second-order valence-electron chi connectivity index (χ2n) is 6.68. The topological polar surface area (TPSA) is 66.5 Å². The predicted molar refractivity (Wildman–Crippen MR) is 92.9 cm³/mol. The highest BCUT2D eigenvalue weighted by molar-refractivity contribution is 7.89. The minimum Gasteiger partial charge on any atom is -0.349 e. The standard InChI is InChI=1S/C17H28N2O3S/c1-7-19(8-2)23(21,22)15-11-9-10-14(12-15)16(20)18-13(3)17(4,5)6/h9-13H,7-8H2,1-6H3,(H,18,20). The van der Waals surface area contributed by atoms with Gasteiger partial charge in [0.05, 0.1) is 4.90 Å². The van der Waals surface area contributed by atoms with Gasteiger partial charge in [0, 0.05) is 24.7 Å². The number of carbonyl (C=O) groups excluding carboxylic acids is 1. The molecular formula is C17H28N2O3S. The van der Waals surface area contributed by atoms with Crippen molar-refractivity contribution in [1.29, 1.82) is 0 Å². The number of sulfonamides is 1. The molecule has 0 radical (unpaired) electrons. The molecule has 0 aromatic heterocycles. The fourth-order valence-electron chi connectivity index (χ4n) is 2.01. The molecule has 0 bridgehead atoms. The summed E-state index contributed by atoms with van der Waals surface area (Å²) in [5.74, 6) is -0.260. The van der Waals surface area contributed by atoms with E-state index in [4.69, 9.17) is 0 Å². The highest BCUT2D eigenvalue weighted by Crippen LogP contribution is 2.20. The number of benzene rings is 1. The first-order valence-electron chi connectivity index (χ1n) is 7.95. The van der Waals surface area contributed by atoms with Crippen molar-refractivity contribution in [3.05, 3.63) is 29.8 Å². The maximum Gasteiger partial charge on any atom is 0.251 e. The van der Waals surface area contributed by atoms with Crippen molar-refractivity contribution in [1.82, 2.24) is 9.62 Å². The minimum absolute atomic E-state index is 0.0296. The summed E-state index contributed by atoms with van der Waals surface area (Å²) in [5, 5.41) is 2.92. The van der Waals surface area contributed by atoms with E-state index in [1.54, 1.807) is 26.0 Å². The summed E-state index contributed by atoms with van der Waals surface area (Å²) in [6.07, 6.45) is 0. The molecule has 1 rings (SSSR count). The summed E-state index contributed by atoms with van der Waals surface area (Å²) >= 11 is 0. The smallest absolute Gasteiger partial charge is 0.251 e. The molecule has 1 atom stereocenters. The average molecular weight is 340 g/mol. The van der Waals surface area contributed by atoms with Crippen LogP contribution in [0.25, 0.3) is 0 Å². The number of amides is 1. The number of hydrogen-bond acceptors (Lipinski definition) is 3. The van der Waals surface area contributed by atoms with Gasteiger partial charge < -0.3 is 5.32 Å². The van der Waals surface area contributed by atoms with Crippen LogP contribution in [0.15, 0.2) is 29.2 Å². The molecule has 0 heterocycles. The Morgan fingerprint density at radius 3 is 2.26 bits per heavy atom. The van der Waals surface area contributed by atoms with Gasteiger partial charge in [-0.25, -0.2) is 8.42 Å². The zero-order valence-corrected chi connectivity index (χ0v) is 15.7. The molecular weight excluding hydrogens is 312 g/mol. The van der Waals surface area contributed by atoms with Crippen molar-refractivity contribution in [2.24, 2.45) is 5.41 Å². The van der Waals surface area contributed by atoms with Gasteiger partial charge in [0.2, 0.25) is 10.0 Å². The minimum atomic E-state index is -3.56. The molecule has 0 aliphatic heterocycles. The fraction of sp³-hybridized carbons (Fsp3) is 0.588. The molecule has 0 spiro atoms. The second-order valence-corrected chi connectivity index (χ2v) is 8.62. The highest BCUT2D eigenvalue weighted by Gasteiger charge is 2.25. The summed E-state index contributed by atoms with van der Waals surface area (Å²) in [6, 6.07) is 6.17. The molecule has 1 aromatic rings. The lowest BCUT2D eigenvalue weighted by Crippen LogP contribution is -2.41. The third-order valence-electron chi connectivity index (χ3n) is 4.09. The molecule has 1 aromatic carbocycles.